The Kier molecular flexibility index (Phi) is 2.11. The molecule has 17 heavy (non-hydrogen) atoms. The van der Waals surface area contributed by atoms with Crippen molar-refractivity contribution in [3.63, 3.8) is 0 Å². The van der Waals surface area contributed by atoms with E-state index in [2.05, 4.69) is 15.3 Å². The van der Waals surface area contributed by atoms with E-state index in [1.165, 1.54) is 12.4 Å². The predicted molar refractivity (Wildman–Crippen MR) is 59.7 cm³/mol. The van der Waals surface area contributed by atoms with Crippen molar-refractivity contribution in [1.82, 2.24) is 20.0 Å². The van der Waals surface area contributed by atoms with Gasteiger partial charge in [-0.05, 0) is 18.2 Å². The zero-order chi connectivity index (χ0) is 11.7. The number of nitrogens with zero attached hydrogens (tertiary/aromatic N) is 3. The van der Waals surface area contributed by atoms with Gasteiger partial charge in [-0.1, -0.05) is 12.1 Å². The Balaban J connectivity index is 1.93. The average Bonchev–Trinajstić information content (AvgIpc) is 2.98. The van der Waals surface area contributed by atoms with Gasteiger partial charge >= 0.3 is 6.09 Å². The van der Waals surface area contributed by atoms with Crippen LogP contribution in [0.5, 0.6) is 5.88 Å². The standard InChI is InChI=1S/C11H8N4O2/c16-11(15-7-3-6-12-15)17-10-8-4-1-2-5-9(8)13-14-10/h1-7H,(H,13,14). The number of rotatable bonds is 1. The van der Waals surface area contributed by atoms with Crippen LogP contribution in [0.2, 0.25) is 0 Å². The quantitative estimate of drug-likeness (QED) is 0.689. The topological polar surface area (TPSA) is 72.8 Å². The predicted octanol–water partition coefficient (Wildman–Crippen LogP) is 1.81. The molecule has 0 bridgehead atoms. The highest BCUT2D eigenvalue weighted by Gasteiger charge is 2.12. The van der Waals surface area contributed by atoms with Crippen molar-refractivity contribution in [2.24, 2.45) is 0 Å². The van der Waals surface area contributed by atoms with Crippen LogP contribution in [0.1, 0.15) is 0 Å². The van der Waals surface area contributed by atoms with Crippen LogP contribution in [-0.4, -0.2) is 26.1 Å². The lowest BCUT2D eigenvalue weighted by Gasteiger charge is -1.99. The Morgan fingerprint density at radius 2 is 2.18 bits per heavy atom. The number of benzene rings is 1. The molecule has 0 atom stereocenters. The van der Waals surface area contributed by atoms with Crippen molar-refractivity contribution in [2.75, 3.05) is 0 Å². The Morgan fingerprint density at radius 1 is 1.29 bits per heavy atom. The molecule has 0 saturated carbocycles. The van der Waals surface area contributed by atoms with Crippen molar-refractivity contribution < 1.29 is 9.53 Å². The Morgan fingerprint density at radius 3 is 3.00 bits per heavy atom. The molecule has 2 heterocycles. The normalized spacial score (nSPS) is 10.6. The summed E-state index contributed by atoms with van der Waals surface area (Å²) < 4.78 is 6.23. The number of carbonyl (C=O) groups is 1. The minimum Gasteiger partial charge on any atom is -0.387 e. The number of aromatic nitrogens is 4. The zero-order valence-corrected chi connectivity index (χ0v) is 8.70. The molecule has 0 spiro atoms. The molecule has 0 unspecified atom stereocenters. The maximum absolute atomic E-state index is 11.6. The number of carbonyl (C=O) groups excluding carboxylic acids is 1. The molecule has 1 N–H and O–H groups in total. The molecule has 0 amide bonds. The number of nitrogens with one attached hydrogen (secondary N) is 1. The summed E-state index contributed by atoms with van der Waals surface area (Å²) in [6.07, 6.45) is 2.42. The van der Waals surface area contributed by atoms with Crippen molar-refractivity contribution in [3.05, 3.63) is 42.7 Å². The Bertz CT molecular complexity index is 657. The molecule has 0 fully saturated rings. The van der Waals surface area contributed by atoms with E-state index < -0.39 is 6.09 Å². The average molecular weight is 228 g/mol. The van der Waals surface area contributed by atoms with E-state index in [9.17, 15) is 4.79 Å². The van der Waals surface area contributed by atoms with Crippen molar-refractivity contribution in [1.29, 1.82) is 0 Å². The van der Waals surface area contributed by atoms with E-state index in [1.807, 2.05) is 24.3 Å². The lowest BCUT2D eigenvalue weighted by Crippen LogP contribution is -2.17. The summed E-state index contributed by atoms with van der Waals surface area (Å²) in [5.41, 5.74) is 0.816. The monoisotopic (exact) mass is 228 g/mol. The molecule has 0 radical (unpaired) electrons. The van der Waals surface area contributed by atoms with E-state index in [4.69, 9.17) is 4.74 Å². The number of fused-ring (bicyclic) bond motifs is 1. The van der Waals surface area contributed by atoms with Gasteiger partial charge in [0.05, 0.1) is 10.9 Å². The lowest BCUT2D eigenvalue weighted by atomic mass is 10.2. The summed E-state index contributed by atoms with van der Waals surface area (Å²) >= 11 is 0. The van der Waals surface area contributed by atoms with Crippen LogP contribution in [0.25, 0.3) is 10.9 Å². The summed E-state index contributed by atoms with van der Waals surface area (Å²) in [5, 5.41) is 11.3. The molecular formula is C11H8N4O2. The number of hydrogen-bond acceptors (Lipinski definition) is 4. The van der Waals surface area contributed by atoms with Gasteiger partial charge in [0.25, 0.3) is 5.88 Å². The molecule has 0 aliphatic heterocycles. The number of H-pyrrole nitrogens is 1. The fourth-order valence-corrected chi connectivity index (χ4v) is 1.52. The maximum atomic E-state index is 11.6. The third-order valence-corrected chi connectivity index (χ3v) is 2.31. The zero-order valence-electron chi connectivity index (χ0n) is 8.70. The third kappa shape index (κ3) is 1.65. The molecule has 0 aliphatic rings. The molecule has 0 saturated heterocycles. The van der Waals surface area contributed by atoms with Gasteiger partial charge in [0.1, 0.15) is 0 Å². The van der Waals surface area contributed by atoms with E-state index in [0.717, 1.165) is 15.6 Å². The largest absolute Gasteiger partial charge is 0.441 e. The van der Waals surface area contributed by atoms with Gasteiger partial charge in [0, 0.05) is 12.4 Å². The van der Waals surface area contributed by atoms with Gasteiger partial charge in [0.15, 0.2) is 0 Å². The van der Waals surface area contributed by atoms with E-state index in [0.29, 0.717) is 0 Å². The van der Waals surface area contributed by atoms with E-state index in [-0.39, 0.29) is 5.88 Å². The molecule has 84 valence electrons. The minimum atomic E-state index is -0.591. The summed E-state index contributed by atoms with van der Waals surface area (Å²) in [6.45, 7) is 0. The number of ether oxygens (including phenoxy) is 1. The van der Waals surface area contributed by atoms with E-state index in [1.54, 1.807) is 6.07 Å². The first kappa shape index (κ1) is 9.59. The highest BCUT2D eigenvalue weighted by atomic mass is 16.6. The fraction of sp³-hybridized carbons (Fsp3) is 0. The Hall–Kier alpha value is -2.63. The van der Waals surface area contributed by atoms with Crippen molar-refractivity contribution in [3.8, 4) is 5.88 Å². The second kappa shape index (κ2) is 3.75. The summed E-state index contributed by atoms with van der Waals surface area (Å²) in [5.74, 6) is 0.251. The van der Waals surface area contributed by atoms with E-state index >= 15 is 0 Å². The molecule has 3 rings (SSSR count). The molecule has 6 heteroatoms. The first-order chi connectivity index (χ1) is 8.34. The SMILES string of the molecule is O=C(Oc1n[nH]c2ccccc12)n1cccn1. The highest BCUT2D eigenvalue weighted by molar-refractivity contribution is 5.86. The summed E-state index contributed by atoms with van der Waals surface area (Å²) in [4.78, 5) is 11.6. The first-order valence-corrected chi connectivity index (χ1v) is 4.99. The second-order valence-electron chi connectivity index (χ2n) is 3.39. The summed E-state index contributed by atoms with van der Waals surface area (Å²) in [6, 6.07) is 9.05. The smallest absolute Gasteiger partial charge is 0.387 e. The maximum Gasteiger partial charge on any atom is 0.441 e. The van der Waals surface area contributed by atoms with Crippen LogP contribution in [0.4, 0.5) is 4.79 Å². The van der Waals surface area contributed by atoms with Gasteiger partial charge < -0.3 is 4.74 Å². The number of hydrogen-bond donors (Lipinski definition) is 1. The molecule has 3 aromatic rings. The van der Waals surface area contributed by atoms with Crippen LogP contribution in [0.15, 0.2) is 42.7 Å². The van der Waals surface area contributed by atoms with Gasteiger partial charge in [-0.2, -0.15) is 9.78 Å². The molecule has 0 aliphatic carbocycles. The molecular weight excluding hydrogens is 220 g/mol. The summed E-state index contributed by atoms with van der Waals surface area (Å²) in [7, 11) is 0. The minimum absolute atomic E-state index is 0.251. The van der Waals surface area contributed by atoms with Crippen LogP contribution < -0.4 is 4.74 Å². The highest BCUT2D eigenvalue weighted by Crippen LogP contribution is 2.21. The fourth-order valence-electron chi connectivity index (χ4n) is 1.52. The van der Waals surface area contributed by atoms with Crippen LogP contribution in [0, 0.1) is 0 Å². The molecule has 1 aromatic carbocycles. The van der Waals surface area contributed by atoms with Gasteiger partial charge in [-0.3, -0.25) is 5.10 Å². The number of para-hydroxylation sites is 1. The van der Waals surface area contributed by atoms with Crippen LogP contribution >= 0.6 is 0 Å². The third-order valence-electron chi connectivity index (χ3n) is 2.31. The lowest BCUT2D eigenvalue weighted by molar-refractivity contribution is 0.197. The first-order valence-electron chi connectivity index (χ1n) is 4.99. The van der Waals surface area contributed by atoms with Crippen molar-refractivity contribution >= 4 is 17.0 Å². The molecule has 6 nitrogen and oxygen atoms in total. The van der Waals surface area contributed by atoms with Crippen LogP contribution in [-0.2, 0) is 0 Å². The van der Waals surface area contributed by atoms with Crippen LogP contribution in [0.3, 0.4) is 0 Å². The molecule has 2 aromatic heterocycles. The number of aromatic amines is 1. The Labute approximate surface area is 95.8 Å². The van der Waals surface area contributed by atoms with Gasteiger partial charge in [-0.15, -0.1) is 5.10 Å². The van der Waals surface area contributed by atoms with Crippen molar-refractivity contribution in [2.45, 2.75) is 0 Å². The van der Waals surface area contributed by atoms with Gasteiger partial charge in [-0.25, -0.2) is 4.79 Å². The van der Waals surface area contributed by atoms with Gasteiger partial charge in [0.2, 0.25) is 0 Å². The second-order valence-corrected chi connectivity index (χ2v) is 3.39.